The fourth-order valence-electron chi connectivity index (χ4n) is 2.12. The van der Waals surface area contributed by atoms with E-state index in [1.807, 2.05) is 43.5 Å². The molecule has 0 aliphatic carbocycles. The molecule has 1 amide bonds. The summed E-state index contributed by atoms with van der Waals surface area (Å²) >= 11 is 6.41. The van der Waals surface area contributed by atoms with Crippen LogP contribution < -0.4 is 5.43 Å². The van der Waals surface area contributed by atoms with Gasteiger partial charge in [0.15, 0.2) is 0 Å². The van der Waals surface area contributed by atoms with E-state index in [2.05, 4.69) is 26.5 Å². The number of benzene rings is 1. The maximum atomic E-state index is 12.1. The second kappa shape index (κ2) is 9.89. The van der Waals surface area contributed by atoms with Gasteiger partial charge < -0.3 is 5.11 Å². The van der Waals surface area contributed by atoms with Gasteiger partial charge in [-0.2, -0.15) is 5.10 Å². The number of nitrogens with one attached hydrogen (secondary N) is 1. The van der Waals surface area contributed by atoms with E-state index in [0.717, 1.165) is 25.4 Å². The van der Waals surface area contributed by atoms with Crippen LogP contribution in [0.15, 0.2) is 44.1 Å². The summed E-state index contributed by atoms with van der Waals surface area (Å²) in [5.41, 5.74) is 5.34. The molecule has 1 heterocycles. The second-order valence-electron chi connectivity index (χ2n) is 5.62. The summed E-state index contributed by atoms with van der Waals surface area (Å²) in [5, 5.41) is 14.9. The van der Waals surface area contributed by atoms with Gasteiger partial charge in [0.25, 0.3) is 0 Å². The molecule has 1 aromatic heterocycles. The molecule has 0 fully saturated rings. The van der Waals surface area contributed by atoms with Crippen molar-refractivity contribution in [1.82, 2.24) is 5.43 Å². The fourth-order valence-corrected chi connectivity index (χ4v) is 4.22. The maximum Gasteiger partial charge on any atom is 0.303 e. The zero-order chi connectivity index (χ0) is 19.1. The van der Waals surface area contributed by atoms with E-state index in [1.54, 1.807) is 0 Å². The molecule has 2 rings (SSSR count). The number of thioether (sulfide) groups is 1. The lowest BCUT2D eigenvalue weighted by Crippen LogP contribution is -2.22. The third-order valence-electron chi connectivity index (χ3n) is 3.51. The molecule has 0 atom stereocenters. The molecule has 2 aromatic rings. The maximum absolute atomic E-state index is 12.1. The molecule has 0 bridgehead atoms. The first-order valence-corrected chi connectivity index (χ1v) is 10.5. The highest BCUT2D eigenvalue weighted by atomic mass is 79.9. The molecule has 0 saturated carbocycles. The minimum atomic E-state index is -0.891. The molecule has 0 aliphatic heterocycles. The van der Waals surface area contributed by atoms with E-state index in [9.17, 15) is 9.59 Å². The minimum Gasteiger partial charge on any atom is -0.481 e. The van der Waals surface area contributed by atoms with Crippen molar-refractivity contribution in [3.8, 4) is 0 Å². The summed E-state index contributed by atoms with van der Waals surface area (Å²) in [6.07, 6.45) is 0.243. The quantitative estimate of drug-likeness (QED) is 0.346. The van der Waals surface area contributed by atoms with E-state index in [0.29, 0.717) is 5.71 Å². The average Bonchev–Trinajstić information content (AvgIpc) is 3.11. The smallest absolute Gasteiger partial charge is 0.303 e. The van der Waals surface area contributed by atoms with Crippen molar-refractivity contribution in [3.05, 3.63) is 50.1 Å². The van der Waals surface area contributed by atoms with Crippen LogP contribution in [-0.4, -0.2) is 28.4 Å². The molecule has 0 aliphatic rings. The van der Waals surface area contributed by atoms with Gasteiger partial charge in [0.2, 0.25) is 5.91 Å². The molecule has 8 heteroatoms. The molecule has 5 nitrogen and oxygen atoms in total. The van der Waals surface area contributed by atoms with Crippen LogP contribution >= 0.6 is 39.0 Å². The minimum absolute atomic E-state index is 0.0290. The van der Waals surface area contributed by atoms with Crippen molar-refractivity contribution < 1.29 is 14.7 Å². The Kier molecular flexibility index (Phi) is 7.86. The first kappa shape index (κ1) is 20.7. The molecule has 138 valence electrons. The predicted octanol–water partition coefficient (Wildman–Crippen LogP) is 4.60. The summed E-state index contributed by atoms with van der Waals surface area (Å²) in [6.45, 7) is 4.01. The van der Waals surface area contributed by atoms with Crippen LogP contribution in [0.3, 0.4) is 0 Å². The Morgan fingerprint density at radius 2 is 2.04 bits per heavy atom. The number of halogens is 1. The molecule has 0 unspecified atom stereocenters. The first-order chi connectivity index (χ1) is 12.4. The average molecular weight is 455 g/mol. The lowest BCUT2D eigenvalue weighted by atomic mass is 10.2. The molecule has 0 spiro atoms. The monoisotopic (exact) mass is 454 g/mol. The van der Waals surface area contributed by atoms with Gasteiger partial charge in [0, 0.05) is 15.8 Å². The highest BCUT2D eigenvalue weighted by Crippen LogP contribution is 2.28. The van der Waals surface area contributed by atoms with Crippen LogP contribution in [0.1, 0.15) is 28.8 Å². The molecule has 26 heavy (non-hydrogen) atoms. The summed E-state index contributed by atoms with van der Waals surface area (Å²) in [4.78, 5) is 24.8. The summed E-state index contributed by atoms with van der Waals surface area (Å²) < 4.78 is 1.05. The van der Waals surface area contributed by atoms with Gasteiger partial charge in [-0.05, 0) is 48.6 Å². The van der Waals surface area contributed by atoms with Crippen LogP contribution in [0.2, 0.25) is 0 Å². The second-order valence-corrected chi connectivity index (χ2v) is 8.44. The van der Waals surface area contributed by atoms with Crippen molar-refractivity contribution in [3.63, 3.8) is 0 Å². The van der Waals surface area contributed by atoms with Gasteiger partial charge in [0.1, 0.15) is 0 Å². The fraction of sp³-hybridized carbons (Fsp3) is 0.278. The van der Waals surface area contributed by atoms with Gasteiger partial charge in [-0.15, -0.1) is 23.1 Å². The summed E-state index contributed by atoms with van der Waals surface area (Å²) in [6, 6.07) is 7.81. The number of rotatable bonds is 8. The number of carboxylic acids is 1. The lowest BCUT2D eigenvalue weighted by molar-refractivity contribution is -0.136. The zero-order valence-electron chi connectivity index (χ0n) is 14.4. The Bertz CT molecular complexity index is 820. The van der Waals surface area contributed by atoms with Gasteiger partial charge in [0.05, 0.1) is 22.8 Å². The molecular weight excluding hydrogens is 436 g/mol. The number of nitrogens with zero attached hydrogens (tertiary/aromatic N) is 1. The van der Waals surface area contributed by atoms with Crippen molar-refractivity contribution in [2.45, 2.75) is 31.6 Å². The predicted molar refractivity (Wildman–Crippen MR) is 110 cm³/mol. The van der Waals surface area contributed by atoms with Crippen LogP contribution in [-0.2, 0) is 9.59 Å². The number of thiophene rings is 1. The molecule has 0 radical (unpaired) electrons. The molecular formula is C18H19BrN2O3S2. The van der Waals surface area contributed by atoms with Crippen molar-refractivity contribution >= 4 is 56.6 Å². The van der Waals surface area contributed by atoms with Crippen LogP contribution in [0.5, 0.6) is 0 Å². The lowest BCUT2D eigenvalue weighted by Gasteiger charge is -2.08. The molecule has 2 N–H and O–H groups in total. The zero-order valence-corrected chi connectivity index (χ0v) is 17.6. The standard InChI is InChI=1S/C18H19BrN2O3S2/c1-11-9-16(12(2)8-13(11)19)26-10-17(22)21-20-14(5-6-18(23)24)15-4-3-7-25-15/h3-4,7-9H,5-6,10H2,1-2H3,(H,21,22)(H,23,24)/b20-14+. The molecule has 0 saturated heterocycles. The van der Waals surface area contributed by atoms with Gasteiger partial charge in [-0.25, -0.2) is 5.43 Å². The van der Waals surface area contributed by atoms with Gasteiger partial charge in [-0.1, -0.05) is 22.0 Å². The third kappa shape index (κ3) is 6.26. The van der Waals surface area contributed by atoms with Crippen LogP contribution in [0, 0.1) is 13.8 Å². The Hall–Kier alpha value is -1.64. The number of hydrogen-bond acceptors (Lipinski definition) is 5. The summed E-state index contributed by atoms with van der Waals surface area (Å²) in [7, 11) is 0. The van der Waals surface area contributed by atoms with Crippen molar-refractivity contribution in [1.29, 1.82) is 0 Å². The van der Waals surface area contributed by atoms with E-state index in [4.69, 9.17) is 5.11 Å². The third-order valence-corrected chi connectivity index (χ3v) is 6.44. The highest BCUT2D eigenvalue weighted by Gasteiger charge is 2.10. The normalized spacial score (nSPS) is 11.4. The van der Waals surface area contributed by atoms with E-state index in [1.165, 1.54) is 23.1 Å². The van der Waals surface area contributed by atoms with Gasteiger partial charge in [-0.3, -0.25) is 9.59 Å². The van der Waals surface area contributed by atoms with Crippen molar-refractivity contribution in [2.24, 2.45) is 5.10 Å². The Labute approximate surface area is 169 Å². The van der Waals surface area contributed by atoms with Crippen LogP contribution in [0.25, 0.3) is 0 Å². The van der Waals surface area contributed by atoms with Crippen molar-refractivity contribution in [2.75, 3.05) is 5.75 Å². The van der Waals surface area contributed by atoms with Gasteiger partial charge >= 0.3 is 5.97 Å². The van der Waals surface area contributed by atoms with E-state index >= 15 is 0 Å². The number of aliphatic carboxylic acids is 1. The van der Waals surface area contributed by atoms with E-state index < -0.39 is 5.97 Å². The number of hydrogen-bond donors (Lipinski definition) is 2. The Balaban J connectivity index is 1.97. The number of carboxylic acid groups (broad SMARTS) is 1. The number of aryl methyl sites for hydroxylation is 2. The number of carbonyl (C=O) groups excluding carboxylic acids is 1. The van der Waals surface area contributed by atoms with E-state index in [-0.39, 0.29) is 24.5 Å². The number of amides is 1. The summed E-state index contributed by atoms with van der Waals surface area (Å²) in [5.74, 6) is -0.876. The topological polar surface area (TPSA) is 78.8 Å². The van der Waals surface area contributed by atoms with Crippen LogP contribution in [0.4, 0.5) is 0 Å². The molecule has 1 aromatic carbocycles. The highest BCUT2D eigenvalue weighted by molar-refractivity contribution is 9.10. The first-order valence-electron chi connectivity index (χ1n) is 7.87. The Morgan fingerprint density at radius 3 is 2.69 bits per heavy atom. The Morgan fingerprint density at radius 1 is 1.27 bits per heavy atom. The SMILES string of the molecule is Cc1cc(SCC(=O)N/N=C(\CCC(=O)O)c2cccs2)c(C)cc1Br. The number of carbonyl (C=O) groups is 2. The number of hydrazone groups is 1. The largest absolute Gasteiger partial charge is 0.481 e.